The van der Waals surface area contributed by atoms with Gasteiger partial charge in [-0.1, -0.05) is 42.5 Å². The lowest BCUT2D eigenvalue weighted by atomic mass is 10.0. The number of hydrogen-bond donors (Lipinski definition) is 3. The first-order chi connectivity index (χ1) is 12.4. The normalized spacial score (nSPS) is 13.6. The van der Waals surface area contributed by atoms with E-state index in [-0.39, 0.29) is 0 Å². The maximum Gasteiger partial charge on any atom is 0.0566 e. The molecular formula is C22H15N3. The quantitative estimate of drug-likeness (QED) is 0.326. The summed E-state index contributed by atoms with van der Waals surface area (Å²) in [6.45, 7) is 0. The molecule has 0 amide bonds. The van der Waals surface area contributed by atoms with Crippen LogP contribution in [0.3, 0.4) is 0 Å². The largest absolute Gasteiger partial charge is 0.361 e. The predicted octanol–water partition coefficient (Wildman–Crippen LogP) is 5.91. The molecular weight excluding hydrogens is 306 g/mol. The summed E-state index contributed by atoms with van der Waals surface area (Å²) < 4.78 is 0. The summed E-state index contributed by atoms with van der Waals surface area (Å²) in [5, 5.41) is 8.40. The van der Waals surface area contributed by atoms with E-state index in [0.717, 1.165) is 5.69 Å². The van der Waals surface area contributed by atoms with Crippen LogP contribution in [0.1, 0.15) is 5.56 Å². The minimum Gasteiger partial charge on any atom is -0.361 e. The maximum atomic E-state index is 3.72. The molecule has 0 saturated heterocycles. The van der Waals surface area contributed by atoms with Crippen LogP contribution in [0, 0.1) is 0 Å². The number of rotatable bonds is 0. The van der Waals surface area contributed by atoms with Gasteiger partial charge in [0.15, 0.2) is 0 Å². The molecule has 25 heavy (non-hydrogen) atoms. The van der Waals surface area contributed by atoms with Gasteiger partial charge >= 0.3 is 0 Å². The van der Waals surface area contributed by atoms with Gasteiger partial charge in [0, 0.05) is 50.0 Å². The number of allylic oxidation sites excluding steroid dienone is 2. The van der Waals surface area contributed by atoms with Crippen LogP contribution in [0.4, 0.5) is 5.69 Å². The van der Waals surface area contributed by atoms with E-state index in [1.54, 1.807) is 0 Å². The van der Waals surface area contributed by atoms with E-state index in [2.05, 4.69) is 76.0 Å². The number of H-pyrrole nitrogens is 2. The molecule has 3 aromatic carbocycles. The molecule has 3 heteroatoms. The van der Waals surface area contributed by atoms with E-state index in [4.69, 9.17) is 0 Å². The van der Waals surface area contributed by atoms with Crippen molar-refractivity contribution in [2.75, 3.05) is 5.32 Å². The highest BCUT2D eigenvalue weighted by Crippen LogP contribution is 2.38. The van der Waals surface area contributed by atoms with Gasteiger partial charge in [0.05, 0.1) is 11.0 Å². The third-order valence-electron chi connectivity index (χ3n) is 5.17. The lowest BCUT2D eigenvalue weighted by Gasteiger charge is -2.05. The number of fused-ring (bicyclic) bond motifs is 9. The van der Waals surface area contributed by atoms with Gasteiger partial charge in [0.2, 0.25) is 0 Å². The highest BCUT2D eigenvalue weighted by atomic mass is 14.9. The van der Waals surface area contributed by atoms with Gasteiger partial charge in [0.25, 0.3) is 0 Å². The van der Waals surface area contributed by atoms with Crippen molar-refractivity contribution in [3.63, 3.8) is 0 Å². The summed E-state index contributed by atoms with van der Waals surface area (Å²) in [5.74, 6) is 0. The lowest BCUT2D eigenvalue weighted by molar-refractivity contribution is 1.53. The smallest absolute Gasteiger partial charge is 0.0566 e. The van der Waals surface area contributed by atoms with E-state index in [0.29, 0.717) is 0 Å². The Balaban J connectivity index is 1.84. The minimum absolute atomic E-state index is 1.12. The van der Waals surface area contributed by atoms with Gasteiger partial charge in [-0.15, -0.1) is 0 Å². The van der Waals surface area contributed by atoms with Crippen molar-refractivity contribution in [1.29, 1.82) is 0 Å². The summed E-state index contributed by atoms with van der Waals surface area (Å²) in [6, 6.07) is 17.2. The fourth-order valence-corrected chi connectivity index (χ4v) is 4.04. The molecule has 1 aliphatic heterocycles. The summed E-state index contributed by atoms with van der Waals surface area (Å²) >= 11 is 0. The predicted molar refractivity (Wildman–Crippen MR) is 107 cm³/mol. The molecule has 5 aromatic rings. The van der Waals surface area contributed by atoms with Crippen LogP contribution < -0.4 is 5.32 Å². The van der Waals surface area contributed by atoms with Crippen LogP contribution in [0.15, 0.2) is 66.9 Å². The number of aromatic amines is 2. The van der Waals surface area contributed by atoms with Gasteiger partial charge in [-0.05, 0) is 24.3 Å². The lowest BCUT2D eigenvalue weighted by Crippen LogP contribution is -1.89. The van der Waals surface area contributed by atoms with Crippen LogP contribution in [-0.2, 0) is 0 Å². The number of benzene rings is 3. The van der Waals surface area contributed by atoms with Crippen molar-refractivity contribution in [3.05, 3.63) is 72.4 Å². The second-order valence-electron chi connectivity index (χ2n) is 6.52. The minimum atomic E-state index is 1.12. The molecule has 0 radical (unpaired) electrons. The molecule has 3 nitrogen and oxygen atoms in total. The molecule has 0 aliphatic carbocycles. The van der Waals surface area contributed by atoms with Gasteiger partial charge in [-0.25, -0.2) is 0 Å². The standard InChI is InChI=1S/C22H15N3/c1-2-7-18-15(5-1)20-19(24-18)11-9-14-13-8-10-17-16(6-3-4-12-23-17)21(13)25-22(14)20/h1-12,23-25H. The second-order valence-corrected chi connectivity index (χ2v) is 6.52. The van der Waals surface area contributed by atoms with Gasteiger partial charge < -0.3 is 15.3 Å². The average molecular weight is 321 g/mol. The molecule has 0 saturated carbocycles. The van der Waals surface area contributed by atoms with E-state index in [9.17, 15) is 0 Å². The summed E-state index contributed by atoms with van der Waals surface area (Å²) in [4.78, 5) is 7.25. The Kier molecular flexibility index (Phi) is 2.35. The monoisotopic (exact) mass is 321 g/mol. The Labute approximate surface area is 143 Å². The van der Waals surface area contributed by atoms with Crippen LogP contribution in [-0.4, -0.2) is 9.97 Å². The van der Waals surface area contributed by atoms with Crippen molar-refractivity contribution in [2.45, 2.75) is 0 Å². The van der Waals surface area contributed by atoms with Crippen molar-refractivity contribution >= 4 is 55.4 Å². The van der Waals surface area contributed by atoms with Crippen molar-refractivity contribution in [2.24, 2.45) is 0 Å². The zero-order chi connectivity index (χ0) is 16.4. The summed E-state index contributed by atoms with van der Waals surface area (Å²) in [5.41, 5.74) is 7.04. The van der Waals surface area contributed by atoms with Gasteiger partial charge in [0.1, 0.15) is 0 Å². The van der Waals surface area contributed by atoms with E-state index >= 15 is 0 Å². The van der Waals surface area contributed by atoms with Crippen LogP contribution in [0.25, 0.3) is 49.7 Å². The first kappa shape index (κ1) is 12.9. The Morgan fingerprint density at radius 3 is 2.52 bits per heavy atom. The number of para-hydroxylation sites is 1. The van der Waals surface area contributed by atoms with Crippen LogP contribution in [0.5, 0.6) is 0 Å². The van der Waals surface area contributed by atoms with E-state index in [1.165, 1.54) is 49.2 Å². The first-order valence-electron chi connectivity index (χ1n) is 8.48. The van der Waals surface area contributed by atoms with Crippen molar-refractivity contribution in [3.8, 4) is 0 Å². The third kappa shape index (κ3) is 1.64. The van der Waals surface area contributed by atoms with Crippen LogP contribution in [0.2, 0.25) is 0 Å². The molecule has 0 unspecified atom stereocenters. The molecule has 1 aliphatic rings. The topological polar surface area (TPSA) is 43.6 Å². The number of nitrogens with one attached hydrogen (secondary N) is 3. The van der Waals surface area contributed by atoms with Gasteiger partial charge in [-0.3, -0.25) is 0 Å². The molecule has 0 fully saturated rings. The molecule has 0 spiro atoms. The number of anilines is 1. The fraction of sp³-hybridized carbons (Fsp3) is 0. The SMILES string of the molecule is C1=CNc2ccc3c([nH]c4c3ccc3[nH]c5ccccc5c34)c2C=C1. The highest BCUT2D eigenvalue weighted by molar-refractivity contribution is 6.25. The third-order valence-corrected chi connectivity index (χ3v) is 5.17. The maximum absolute atomic E-state index is 3.72. The summed E-state index contributed by atoms with van der Waals surface area (Å²) in [7, 11) is 0. The Bertz CT molecular complexity index is 1360. The molecule has 0 atom stereocenters. The molecule has 0 bridgehead atoms. The van der Waals surface area contributed by atoms with Crippen LogP contribution >= 0.6 is 0 Å². The zero-order valence-electron chi connectivity index (χ0n) is 13.4. The molecule has 6 rings (SSSR count). The number of hydrogen-bond acceptors (Lipinski definition) is 1. The first-order valence-corrected chi connectivity index (χ1v) is 8.48. The highest BCUT2D eigenvalue weighted by Gasteiger charge is 2.15. The molecule has 3 heterocycles. The Morgan fingerprint density at radius 1 is 0.640 bits per heavy atom. The van der Waals surface area contributed by atoms with E-state index in [1.807, 2.05) is 12.3 Å². The van der Waals surface area contributed by atoms with Crippen molar-refractivity contribution < 1.29 is 0 Å². The fourth-order valence-electron chi connectivity index (χ4n) is 4.04. The summed E-state index contributed by atoms with van der Waals surface area (Å²) in [6.07, 6.45) is 8.22. The second kappa shape index (κ2) is 4.54. The van der Waals surface area contributed by atoms with Gasteiger partial charge in [-0.2, -0.15) is 0 Å². The number of aromatic nitrogens is 2. The van der Waals surface area contributed by atoms with Crippen molar-refractivity contribution in [1.82, 2.24) is 9.97 Å². The molecule has 118 valence electrons. The molecule has 3 N–H and O–H groups in total. The average Bonchev–Trinajstić information content (AvgIpc) is 3.10. The molecule has 2 aromatic heterocycles. The zero-order valence-corrected chi connectivity index (χ0v) is 13.4. The van der Waals surface area contributed by atoms with E-state index < -0.39 is 0 Å². The Hall–Kier alpha value is -3.46. The Morgan fingerprint density at radius 2 is 1.52 bits per heavy atom.